The number of aromatic amines is 1. The van der Waals surface area contributed by atoms with Crippen LogP contribution in [0.25, 0.3) is 40.0 Å². The molecule has 5 aromatic rings. The van der Waals surface area contributed by atoms with Crippen molar-refractivity contribution >= 4 is 35.0 Å². The van der Waals surface area contributed by atoms with Crippen molar-refractivity contribution in [3.8, 4) is 33.9 Å². The van der Waals surface area contributed by atoms with Gasteiger partial charge in [-0.2, -0.15) is 0 Å². The molecule has 0 fully saturated rings. The Labute approximate surface area is 317 Å². The van der Waals surface area contributed by atoms with Gasteiger partial charge in [-0.25, -0.2) is 9.78 Å². The van der Waals surface area contributed by atoms with Gasteiger partial charge in [-0.3, -0.25) is 4.79 Å². The average Bonchev–Trinajstić information content (AvgIpc) is 3.66. The molecule has 1 aromatic heterocycles. The van der Waals surface area contributed by atoms with Crippen LogP contribution in [0.5, 0.6) is 0 Å². The van der Waals surface area contributed by atoms with Gasteiger partial charge in [0.05, 0.1) is 18.5 Å². The lowest BCUT2D eigenvalue weighted by Crippen LogP contribution is -2.25. The van der Waals surface area contributed by atoms with Gasteiger partial charge in [0.1, 0.15) is 5.82 Å². The average molecular weight is 725 g/mol. The zero-order valence-corrected chi connectivity index (χ0v) is 31.0. The molecule has 0 aliphatic heterocycles. The van der Waals surface area contributed by atoms with Crippen LogP contribution in [-0.2, 0) is 14.3 Å². The number of ether oxygens (including phenoxy) is 1. The van der Waals surface area contributed by atoms with Crippen LogP contribution in [0.4, 0.5) is 11.4 Å². The maximum Gasteiger partial charge on any atom is 0.335 e. The lowest BCUT2D eigenvalue weighted by Gasteiger charge is -2.20. The number of nitrogens with one attached hydrogen (secondary N) is 4. The number of para-hydroxylation sites is 1. The molecule has 0 radical (unpaired) electrons. The van der Waals surface area contributed by atoms with Gasteiger partial charge in [-0.1, -0.05) is 85.0 Å². The van der Waals surface area contributed by atoms with Gasteiger partial charge in [-0.15, -0.1) is 0 Å². The summed E-state index contributed by atoms with van der Waals surface area (Å²) in [6.45, 7) is 6.68. The molecule has 0 saturated heterocycles. The molecule has 0 bridgehead atoms. The predicted molar refractivity (Wildman–Crippen MR) is 218 cm³/mol. The Morgan fingerprint density at radius 1 is 0.889 bits per heavy atom. The number of aliphatic hydroxyl groups excluding tert-OH is 1. The first-order chi connectivity index (χ1) is 26.3. The lowest BCUT2D eigenvalue weighted by atomic mass is 9.99. The quantitative estimate of drug-likeness (QED) is 0.0349. The topological polar surface area (TPSA) is 143 Å². The zero-order valence-electron chi connectivity index (χ0n) is 31.0. The third-order valence-electron chi connectivity index (χ3n) is 8.94. The summed E-state index contributed by atoms with van der Waals surface area (Å²) in [5.41, 5.74) is 8.16. The van der Waals surface area contributed by atoms with E-state index in [0.29, 0.717) is 12.1 Å². The number of aromatic nitrogens is 2. The molecule has 10 heteroatoms. The Bertz CT molecular complexity index is 2030. The number of H-pyrrole nitrogens is 1. The van der Waals surface area contributed by atoms with Gasteiger partial charge in [0.2, 0.25) is 5.91 Å². The second-order valence-corrected chi connectivity index (χ2v) is 12.6. The molecule has 0 aliphatic carbocycles. The third kappa shape index (κ3) is 10.6. The van der Waals surface area contributed by atoms with Crippen molar-refractivity contribution in [1.29, 1.82) is 5.41 Å². The van der Waals surface area contributed by atoms with E-state index >= 15 is 0 Å². The minimum atomic E-state index is -1.40. The number of aliphatic hydroxyl groups is 1. The van der Waals surface area contributed by atoms with Gasteiger partial charge in [0, 0.05) is 66.3 Å². The van der Waals surface area contributed by atoms with Gasteiger partial charge in [-0.05, 0) is 74.0 Å². The van der Waals surface area contributed by atoms with Crippen LogP contribution in [0.15, 0.2) is 121 Å². The highest BCUT2D eigenvalue weighted by Gasteiger charge is 2.20. The number of nitrogens with zero attached hydrogens (tertiary/aromatic N) is 2. The van der Waals surface area contributed by atoms with E-state index in [1.807, 2.05) is 91.2 Å². The summed E-state index contributed by atoms with van der Waals surface area (Å²) in [5.74, 6) is -0.0793. The Kier molecular flexibility index (Phi) is 14.1. The molecule has 0 aliphatic rings. The number of hydrogen-bond acceptors (Lipinski definition) is 8. The Morgan fingerprint density at radius 3 is 2.22 bits per heavy atom. The fourth-order valence-electron chi connectivity index (χ4n) is 5.91. The van der Waals surface area contributed by atoms with Crippen LogP contribution in [0.3, 0.4) is 0 Å². The van der Waals surface area contributed by atoms with E-state index in [2.05, 4.69) is 63.4 Å². The van der Waals surface area contributed by atoms with Crippen LogP contribution in [-0.4, -0.2) is 65.5 Å². The van der Waals surface area contributed by atoms with E-state index in [4.69, 9.17) is 10.4 Å². The fraction of sp³-hybridized carbons (Fsp3) is 0.227. The molecule has 54 heavy (non-hydrogen) atoms. The first kappa shape index (κ1) is 39.0. The molecule has 1 heterocycles. The number of benzene rings is 4. The molecule has 1 unspecified atom stereocenters. The van der Waals surface area contributed by atoms with E-state index in [-0.39, 0.29) is 24.5 Å². The zero-order chi connectivity index (χ0) is 38.3. The molecule has 5 rings (SSSR count). The monoisotopic (exact) mass is 724 g/mol. The molecule has 10 nitrogen and oxygen atoms in total. The van der Waals surface area contributed by atoms with E-state index in [1.165, 1.54) is 7.11 Å². The van der Waals surface area contributed by atoms with Crippen molar-refractivity contribution in [1.82, 2.24) is 15.3 Å². The molecule has 1 atom stereocenters. The first-order valence-electron chi connectivity index (χ1n) is 18.2. The third-order valence-corrected chi connectivity index (χ3v) is 8.94. The molecular formula is C44H48N6O4. The van der Waals surface area contributed by atoms with Crippen molar-refractivity contribution in [3.63, 3.8) is 0 Å². The molecule has 0 spiro atoms. The number of rotatable bonds is 18. The number of hydrogen-bond donors (Lipinski definition) is 5. The molecule has 278 valence electrons. The summed E-state index contributed by atoms with van der Waals surface area (Å²) in [4.78, 5) is 35.0. The number of carbonyl (C=O) groups is 2. The Hall–Kier alpha value is -6.26. The first-order valence-corrected chi connectivity index (χ1v) is 18.2. The van der Waals surface area contributed by atoms with Crippen molar-refractivity contribution in [3.05, 3.63) is 133 Å². The summed E-state index contributed by atoms with van der Waals surface area (Å²) in [6, 6.07) is 33.7. The van der Waals surface area contributed by atoms with Crippen LogP contribution >= 0.6 is 0 Å². The van der Waals surface area contributed by atoms with Crippen molar-refractivity contribution < 1.29 is 19.4 Å². The summed E-state index contributed by atoms with van der Waals surface area (Å²) >= 11 is 0. The lowest BCUT2D eigenvalue weighted by molar-refractivity contribution is -0.149. The van der Waals surface area contributed by atoms with Gasteiger partial charge in [0.25, 0.3) is 0 Å². The minimum absolute atomic E-state index is 0.0344. The standard InChI is InChI=1S/C44H48N6O4/c1-4-50(5-2)37-26-24-35(25-27-37)43-48-41(42(49-43)34-22-20-32(21-23-34)38(45)30-39(51)44(53)54-3)33-18-16-31(17-19-33)12-11-15-40(52)47-29-10-9-28-46-36-13-7-6-8-14-36/h6-9,11-14,16-28,39,45-46,51H,4-5,10,15,29-30H2,1-3H3,(H,47,52)(H,48,49)/b12-11+,28-9+,45-38?. The van der Waals surface area contributed by atoms with Gasteiger partial charge >= 0.3 is 5.97 Å². The van der Waals surface area contributed by atoms with Crippen molar-refractivity contribution in [2.24, 2.45) is 0 Å². The number of anilines is 2. The molecular weight excluding hydrogens is 677 g/mol. The summed E-state index contributed by atoms with van der Waals surface area (Å²) in [7, 11) is 1.21. The van der Waals surface area contributed by atoms with Gasteiger partial charge in [0.15, 0.2) is 6.10 Å². The van der Waals surface area contributed by atoms with Crippen molar-refractivity contribution in [2.45, 2.75) is 39.2 Å². The highest BCUT2D eigenvalue weighted by molar-refractivity contribution is 6.01. The summed E-state index contributed by atoms with van der Waals surface area (Å²) in [5, 5.41) is 24.6. The summed E-state index contributed by atoms with van der Waals surface area (Å²) < 4.78 is 4.60. The largest absolute Gasteiger partial charge is 0.467 e. The second kappa shape index (κ2) is 19.5. The predicted octanol–water partition coefficient (Wildman–Crippen LogP) is 8.08. The minimum Gasteiger partial charge on any atom is -0.467 e. The van der Waals surface area contributed by atoms with Crippen molar-refractivity contribution in [2.75, 3.05) is 37.0 Å². The molecule has 0 saturated carbocycles. The van der Waals surface area contributed by atoms with E-state index in [9.17, 15) is 14.7 Å². The van der Waals surface area contributed by atoms with E-state index in [1.54, 1.807) is 12.1 Å². The molecule has 1 amide bonds. The maximum atomic E-state index is 12.4. The normalized spacial score (nSPS) is 11.8. The van der Waals surface area contributed by atoms with Crippen LogP contribution in [0.2, 0.25) is 0 Å². The van der Waals surface area contributed by atoms with Crippen LogP contribution in [0.1, 0.15) is 44.2 Å². The highest BCUT2D eigenvalue weighted by atomic mass is 16.5. The maximum absolute atomic E-state index is 12.4. The molecule has 4 aromatic carbocycles. The number of imidazole rings is 1. The smallest absolute Gasteiger partial charge is 0.335 e. The fourth-order valence-corrected chi connectivity index (χ4v) is 5.91. The van der Waals surface area contributed by atoms with Gasteiger partial charge < -0.3 is 35.8 Å². The Balaban J connectivity index is 1.28. The molecule has 5 N–H and O–H groups in total. The second-order valence-electron chi connectivity index (χ2n) is 12.6. The Morgan fingerprint density at radius 2 is 1.56 bits per heavy atom. The highest BCUT2D eigenvalue weighted by Crippen LogP contribution is 2.34. The number of carbonyl (C=O) groups excluding carboxylic acids is 2. The number of amides is 1. The van der Waals surface area contributed by atoms with E-state index < -0.39 is 12.1 Å². The SMILES string of the molecule is CCN(CC)c1ccc(-c2nc(-c3ccc(C(=N)CC(O)C(=O)OC)cc3)c(-c3ccc(/C=C/CC(=O)NCC/C=C/Nc4ccccc4)cc3)[nH]2)cc1. The summed E-state index contributed by atoms with van der Waals surface area (Å²) in [6.07, 6.45) is 7.14. The van der Waals surface area contributed by atoms with Crippen LogP contribution in [0, 0.1) is 5.41 Å². The van der Waals surface area contributed by atoms with Crippen LogP contribution < -0.4 is 15.5 Å². The van der Waals surface area contributed by atoms with E-state index in [0.717, 1.165) is 70.4 Å². The number of esters is 1. The number of methoxy groups -OCH3 is 1.